The van der Waals surface area contributed by atoms with E-state index in [4.69, 9.17) is 9.84 Å². The van der Waals surface area contributed by atoms with Crippen molar-refractivity contribution in [2.45, 2.75) is 39.2 Å². The van der Waals surface area contributed by atoms with Crippen LogP contribution in [0.3, 0.4) is 0 Å². The number of ether oxygens (including phenoxy) is 1. The van der Waals surface area contributed by atoms with Crippen molar-refractivity contribution in [3.05, 3.63) is 0 Å². The average Bonchev–Trinajstić information content (AvgIpc) is 2.61. The highest BCUT2D eigenvalue weighted by atomic mass is 16.6. The number of rotatable bonds is 3. The number of hydrogen-bond acceptors (Lipinski definition) is 3. The maximum Gasteiger partial charge on any atom is 0.309 e. The molecule has 0 aliphatic heterocycles. The molecule has 0 spiro atoms. The predicted molar refractivity (Wildman–Crippen MR) is 49.7 cm³/mol. The summed E-state index contributed by atoms with van der Waals surface area (Å²) >= 11 is 0. The fourth-order valence-corrected chi connectivity index (χ4v) is 1.36. The van der Waals surface area contributed by atoms with E-state index in [2.05, 4.69) is 0 Å². The molecular formula is C10H16O4. The third-order valence-corrected chi connectivity index (χ3v) is 2.07. The number of carboxylic acid groups (broad SMARTS) is 1. The lowest BCUT2D eigenvalue weighted by Gasteiger charge is -2.19. The molecule has 0 radical (unpaired) electrons. The second kappa shape index (κ2) is 3.59. The Balaban J connectivity index is 2.33. The first-order chi connectivity index (χ1) is 6.29. The predicted octanol–water partition coefficient (Wildman–Crippen LogP) is 1.44. The molecule has 0 aromatic rings. The van der Waals surface area contributed by atoms with Gasteiger partial charge in [-0.1, -0.05) is 0 Å². The molecule has 80 valence electrons. The number of carbonyl (C=O) groups is 2. The summed E-state index contributed by atoms with van der Waals surface area (Å²) in [6, 6.07) is 0. The number of aliphatic carboxylic acids is 1. The van der Waals surface area contributed by atoms with Crippen LogP contribution < -0.4 is 0 Å². The van der Waals surface area contributed by atoms with Crippen LogP contribution in [0.4, 0.5) is 0 Å². The molecule has 4 heteroatoms. The van der Waals surface area contributed by atoms with Gasteiger partial charge in [0.1, 0.15) is 5.60 Å². The zero-order chi connectivity index (χ0) is 10.9. The van der Waals surface area contributed by atoms with Gasteiger partial charge in [0.05, 0.1) is 5.92 Å². The first-order valence-electron chi connectivity index (χ1n) is 4.74. The minimum atomic E-state index is -0.846. The zero-order valence-electron chi connectivity index (χ0n) is 8.74. The van der Waals surface area contributed by atoms with E-state index in [0.29, 0.717) is 6.42 Å². The summed E-state index contributed by atoms with van der Waals surface area (Å²) in [5.74, 6) is -1.31. The third kappa shape index (κ3) is 3.36. The van der Waals surface area contributed by atoms with Gasteiger partial charge in [0.2, 0.25) is 0 Å². The molecule has 14 heavy (non-hydrogen) atoms. The van der Waals surface area contributed by atoms with Gasteiger partial charge in [0, 0.05) is 6.42 Å². The van der Waals surface area contributed by atoms with E-state index in [9.17, 15) is 9.59 Å². The number of carbonyl (C=O) groups excluding carboxylic acids is 1. The van der Waals surface area contributed by atoms with Crippen LogP contribution in [0, 0.1) is 11.8 Å². The van der Waals surface area contributed by atoms with Crippen molar-refractivity contribution in [2.24, 2.45) is 11.8 Å². The van der Waals surface area contributed by atoms with Crippen LogP contribution in [0.1, 0.15) is 33.6 Å². The fraction of sp³-hybridized carbons (Fsp3) is 0.800. The van der Waals surface area contributed by atoms with Crippen LogP contribution in [0.5, 0.6) is 0 Å². The van der Waals surface area contributed by atoms with E-state index in [1.54, 1.807) is 20.8 Å². The molecule has 0 bridgehead atoms. The molecule has 0 saturated heterocycles. The van der Waals surface area contributed by atoms with Gasteiger partial charge < -0.3 is 9.84 Å². The second-order valence-electron chi connectivity index (χ2n) is 4.73. The van der Waals surface area contributed by atoms with E-state index in [1.165, 1.54) is 0 Å². The Kier molecular flexibility index (Phi) is 2.83. The number of hydrogen-bond donors (Lipinski definition) is 1. The molecule has 1 fully saturated rings. The summed E-state index contributed by atoms with van der Waals surface area (Å²) in [7, 11) is 0. The Morgan fingerprint density at radius 1 is 1.43 bits per heavy atom. The highest BCUT2D eigenvalue weighted by molar-refractivity contribution is 5.78. The molecule has 0 unspecified atom stereocenters. The molecule has 1 aliphatic carbocycles. The molecule has 0 aromatic heterocycles. The first kappa shape index (κ1) is 11.0. The van der Waals surface area contributed by atoms with Gasteiger partial charge in [0.25, 0.3) is 0 Å². The smallest absolute Gasteiger partial charge is 0.309 e. The highest BCUT2D eigenvalue weighted by Crippen LogP contribution is 2.42. The molecule has 2 atom stereocenters. The third-order valence-electron chi connectivity index (χ3n) is 2.07. The van der Waals surface area contributed by atoms with Crippen molar-refractivity contribution < 1.29 is 19.4 Å². The lowest BCUT2D eigenvalue weighted by atomic mass is 10.2. The molecule has 1 aliphatic rings. The summed E-state index contributed by atoms with van der Waals surface area (Å²) in [6.07, 6.45) is 0.727. The number of carboxylic acids is 1. The monoisotopic (exact) mass is 200 g/mol. The van der Waals surface area contributed by atoms with Crippen LogP contribution in [0.15, 0.2) is 0 Å². The molecular weight excluding hydrogens is 184 g/mol. The van der Waals surface area contributed by atoms with Crippen molar-refractivity contribution in [1.82, 2.24) is 0 Å². The average molecular weight is 200 g/mol. The summed E-state index contributed by atoms with van der Waals surface area (Å²) in [5.41, 5.74) is -0.479. The lowest BCUT2D eigenvalue weighted by molar-refractivity contribution is -0.156. The Morgan fingerprint density at radius 3 is 2.43 bits per heavy atom. The molecule has 0 aromatic carbocycles. The minimum Gasteiger partial charge on any atom is -0.481 e. The van der Waals surface area contributed by atoms with Gasteiger partial charge in [-0.15, -0.1) is 0 Å². The number of esters is 1. The second-order valence-corrected chi connectivity index (χ2v) is 4.73. The van der Waals surface area contributed by atoms with Crippen LogP contribution in [0.2, 0.25) is 0 Å². The summed E-state index contributed by atoms with van der Waals surface area (Å²) in [6.45, 7) is 5.42. The van der Waals surface area contributed by atoms with E-state index in [-0.39, 0.29) is 24.2 Å². The van der Waals surface area contributed by atoms with Gasteiger partial charge >= 0.3 is 11.9 Å². The molecule has 0 amide bonds. The molecule has 4 nitrogen and oxygen atoms in total. The van der Waals surface area contributed by atoms with Gasteiger partial charge in [-0.05, 0) is 33.1 Å². The Bertz CT molecular complexity index is 251. The standard InChI is InChI=1S/C10H16O4/c1-10(2,3)14-9(13)7-4-6(7)5-8(11)12/h6-7H,4-5H2,1-3H3,(H,11,12)/t6-,7-/m1/s1. The molecule has 1 rings (SSSR count). The van der Waals surface area contributed by atoms with Crippen LogP contribution >= 0.6 is 0 Å². The SMILES string of the molecule is CC(C)(C)OC(=O)[C@@H]1C[C@@H]1CC(=O)O. The largest absolute Gasteiger partial charge is 0.481 e. The van der Waals surface area contributed by atoms with Crippen molar-refractivity contribution in [2.75, 3.05) is 0 Å². The Morgan fingerprint density at radius 2 is 2.00 bits per heavy atom. The topological polar surface area (TPSA) is 63.6 Å². The van der Waals surface area contributed by atoms with E-state index < -0.39 is 11.6 Å². The van der Waals surface area contributed by atoms with E-state index in [1.807, 2.05) is 0 Å². The summed E-state index contributed by atoms with van der Waals surface area (Å²) < 4.78 is 5.14. The first-order valence-corrected chi connectivity index (χ1v) is 4.74. The van der Waals surface area contributed by atoms with Gasteiger partial charge in [-0.3, -0.25) is 9.59 Å². The summed E-state index contributed by atoms with van der Waals surface area (Å²) in [5, 5.41) is 8.50. The lowest BCUT2D eigenvalue weighted by Crippen LogP contribution is -2.25. The van der Waals surface area contributed by atoms with Crippen molar-refractivity contribution in [3.8, 4) is 0 Å². The van der Waals surface area contributed by atoms with Crippen molar-refractivity contribution >= 4 is 11.9 Å². The molecule has 0 heterocycles. The maximum atomic E-state index is 11.4. The van der Waals surface area contributed by atoms with E-state index >= 15 is 0 Å². The van der Waals surface area contributed by atoms with Gasteiger partial charge in [-0.25, -0.2) is 0 Å². The summed E-state index contributed by atoms with van der Waals surface area (Å²) in [4.78, 5) is 21.7. The van der Waals surface area contributed by atoms with Crippen LogP contribution in [-0.2, 0) is 14.3 Å². The maximum absolute atomic E-state index is 11.4. The van der Waals surface area contributed by atoms with E-state index in [0.717, 1.165) is 0 Å². The van der Waals surface area contributed by atoms with Gasteiger partial charge in [0.15, 0.2) is 0 Å². The molecule has 1 N–H and O–H groups in total. The molecule has 1 saturated carbocycles. The Hall–Kier alpha value is -1.06. The van der Waals surface area contributed by atoms with Crippen LogP contribution in [-0.4, -0.2) is 22.6 Å². The highest BCUT2D eigenvalue weighted by Gasteiger charge is 2.46. The minimum absolute atomic E-state index is 0.0117. The van der Waals surface area contributed by atoms with Gasteiger partial charge in [-0.2, -0.15) is 0 Å². The zero-order valence-corrected chi connectivity index (χ0v) is 8.74. The fourth-order valence-electron chi connectivity index (χ4n) is 1.36. The van der Waals surface area contributed by atoms with Crippen molar-refractivity contribution in [3.63, 3.8) is 0 Å². The van der Waals surface area contributed by atoms with Crippen LogP contribution in [0.25, 0.3) is 0 Å². The Labute approximate surface area is 83.2 Å². The van der Waals surface area contributed by atoms with Crippen molar-refractivity contribution in [1.29, 1.82) is 0 Å². The normalized spacial score (nSPS) is 25.6. The quantitative estimate of drug-likeness (QED) is 0.700.